The summed E-state index contributed by atoms with van der Waals surface area (Å²) in [5, 5.41) is 9.44. The van der Waals surface area contributed by atoms with E-state index in [1.54, 1.807) is 14.7 Å². The third-order valence-electron chi connectivity index (χ3n) is 9.00. The van der Waals surface area contributed by atoms with Crippen molar-refractivity contribution in [2.75, 3.05) is 26.2 Å². The van der Waals surface area contributed by atoms with Crippen molar-refractivity contribution in [2.24, 2.45) is 0 Å². The third-order valence-corrected chi connectivity index (χ3v) is 11.1. The second-order valence-electron chi connectivity index (χ2n) is 11.9. The molecule has 2 aromatic heterocycles. The molecule has 17 heteroatoms. The monoisotopic (exact) mass is 678 g/mol. The van der Waals surface area contributed by atoms with Crippen LogP contribution in [0.1, 0.15) is 64.1 Å². The zero-order valence-electron chi connectivity index (χ0n) is 24.6. The minimum absolute atomic E-state index is 0.136. The summed E-state index contributed by atoms with van der Waals surface area (Å²) in [4.78, 5) is 77.0. The van der Waals surface area contributed by atoms with Crippen LogP contribution in [0.15, 0.2) is 36.7 Å². The van der Waals surface area contributed by atoms with E-state index in [0.29, 0.717) is 62.1 Å². The van der Waals surface area contributed by atoms with Gasteiger partial charge in [-0.05, 0) is 49.3 Å². The number of aromatic amines is 1. The van der Waals surface area contributed by atoms with Crippen molar-refractivity contribution >= 4 is 52.6 Å². The van der Waals surface area contributed by atoms with Gasteiger partial charge in [0.25, 0.3) is 11.8 Å². The molecule has 3 saturated heterocycles. The average molecular weight is 679 g/mol. The number of aromatic nitrogens is 2. The number of alkyl halides is 2. The van der Waals surface area contributed by atoms with Crippen molar-refractivity contribution in [1.29, 1.82) is 0 Å². The maximum absolute atomic E-state index is 14.3. The summed E-state index contributed by atoms with van der Waals surface area (Å²) in [7, 11) is -5.76. The van der Waals surface area contributed by atoms with Gasteiger partial charge in [0.05, 0.1) is 16.6 Å². The van der Waals surface area contributed by atoms with Gasteiger partial charge >= 0.3 is 13.3 Å². The largest absolute Gasteiger partial charge is 0.399 e. The summed E-state index contributed by atoms with van der Waals surface area (Å²) < 4.78 is 40.3. The molecule has 0 spiro atoms. The lowest BCUT2D eigenvalue weighted by molar-refractivity contribution is -0.147. The molecule has 5 heterocycles. The first-order valence-corrected chi connectivity index (χ1v) is 17.5. The Balaban J connectivity index is 1.14. The van der Waals surface area contributed by atoms with E-state index in [9.17, 15) is 32.5 Å². The molecule has 1 aromatic carbocycles. The number of nitrogens with zero attached hydrogens (tertiary/aromatic N) is 4. The number of fused-ring (bicyclic) bond motifs is 2. The molecule has 0 saturated carbocycles. The quantitative estimate of drug-likeness (QED) is 0.288. The van der Waals surface area contributed by atoms with Crippen molar-refractivity contribution in [3.63, 3.8) is 0 Å². The van der Waals surface area contributed by atoms with Crippen molar-refractivity contribution in [3.05, 3.63) is 52.7 Å². The van der Waals surface area contributed by atoms with Gasteiger partial charge in [-0.1, -0.05) is 18.9 Å². The molecule has 0 unspecified atom stereocenters. The summed E-state index contributed by atoms with van der Waals surface area (Å²) in [6.45, 7) is 1.37. The van der Waals surface area contributed by atoms with Gasteiger partial charge in [-0.25, -0.2) is 0 Å². The fourth-order valence-corrected chi connectivity index (χ4v) is 7.96. The fraction of sp³-hybridized carbons (Fsp3) is 0.483. The molecule has 3 atom stereocenters. The molecule has 3 aromatic rings. The molecule has 6 rings (SSSR count). The van der Waals surface area contributed by atoms with Crippen LogP contribution in [0.5, 0.6) is 0 Å². The van der Waals surface area contributed by atoms with Crippen LogP contribution >= 0.6 is 18.9 Å². The maximum atomic E-state index is 14.3. The second kappa shape index (κ2) is 12.5. The third kappa shape index (κ3) is 6.06. The molecule has 3 fully saturated rings. The second-order valence-corrected chi connectivity index (χ2v) is 14.6. The van der Waals surface area contributed by atoms with Crippen molar-refractivity contribution in [1.82, 2.24) is 30.2 Å². The number of hydrogen-bond acceptors (Lipinski definition) is 7. The van der Waals surface area contributed by atoms with Gasteiger partial charge in [0.1, 0.15) is 12.1 Å². The molecular formula is C29H33F2N6O7PS. The van der Waals surface area contributed by atoms with Crippen LogP contribution < -0.4 is 5.32 Å². The first-order valence-electron chi connectivity index (χ1n) is 15.0. The fourth-order valence-electron chi connectivity index (χ4n) is 6.54. The normalized spacial score (nSPS) is 22.8. The molecule has 4 N–H and O–H groups in total. The zero-order chi connectivity index (χ0) is 32.8. The molecule has 0 aliphatic carbocycles. The first kappa shape index (κ1) is 32.2. The van der Waals surface area contributed by atoms with Gasteiger partial charge in [0.15, 0.2) is 0 Å². The van der Waals surface area contributed by atoms with Crippen LogP contribution in [0.4, 0.5) is 8.78 Å². The molecule has 4 amide bonds. The van der Waals surface area contributed by atoms with E-state index in [2.05, 4.69) is 15.5 Å². The highest BCUT2D eigenvalue weighted by atomic mass is 32.1. The lowest BCUT2D eigenvalue weighted by Gasteiger charge is -2.39. The Morgan fingerprint density at radius 2 is 1.74 bits per heavy atom. The van der Waals surface area contributed by atoms with E-state index in [0.717, 1.165) is 36.3 Å². The highest BCUT2D eigenvalue weighted by molar-refractivity contribution is 7.52. The predicted molar refractivity (Wildman–Crippen MR) is 162 cm³/mol. The van der Waals surface area contributed by atoms with Crippen molar-refractivity contribution in [3.8, 4) is 0 Å². The number of carbonyl (C=O) groups excluding carboxylic acids is 4. The number of carbonyl (C=O) groups is 4. The number of benzene rings is 1. The van der Waals surface area contributed by atoms with Gasteiger partial charge < -0.3 is 29.8 Å². The molecule has 13 nitrogen and oxygen atoms in total. The van der Waals surface area contributed by atoms with E-state index in [1.165, 1.54) is 24.5 Å². The molecule has 246 valence electrons. The topological polar surface area (TPSA) is 176 Å². The number of halogens is 2. The number of amides is 4. The Hall–Kier alpha value is -3.72. The minimum Gasteiger partial charge on any atom is -0.340 e. The highest BCUT2D eigenvalue weighted by Crippen LogP contribution is 2.59. The number of H-pyrrole nitrogens is 1. The van der Waals surface area contributed by atoms with E-state index >= 15 is 0 Å². The van der Waals surface area contributed by atoms with E-state index in [4.69, 9.17) is 9.79 Å². The zero-order valence-corrected chi connectivity index (χ0v) is 26.3. The van der Waals surface area contributed by atoms with E-state index in [1.807, 2.05) is 0 Å². The van der Waals surface area contributed by atoms with Gasteiger partial charge in [-0.3, -0.25) is 28.8 Å². The Labute approximate surface area is 266 Å². The lowest BCUT2D eigenvalue weighted by atomic mass is 9.99. The van der Waals surface area contributed by atoms with Crippen LogP contribution in [0.25, 0.3) is 10.1 Å². The van der Waals surface area contributed by atoms with E-state index in [-0.39, 0.29) is 34.0 Å². The standard InChI is InChI=1S/C29H33F2N6O7PS/c30-29(31,45(42,43)44)19-5-8-23-17(13-19)14-24(46-23)25(38)34-21-4-2-1-3-20-6-7-22(37(20)27(21)40)28(41)36-11-9-35(10-12-36)26(39)18-15-32-33-16-18/h5,8,13-16,20-22H,1-4,6-7,9-12H2,(H,32,33)(H,34,38)(H2,42,43,44)/t20-,21-,22-/m0/s1. The number of piperazine rings is 1. The number of hydrogen-bond donors (Lipinski definition) is 4. The smallest absolute Gasteiger partial charge is 0.340 e. The molecular weight excluding hydrogens is 645 g/mol. The maximum Gasteiger partial charge on any atom is 0.399 e. The van der Waals surface area contributed by atoms with E-state index < -0.39 is 36.8 Å². The highest BCUT2D eigenvalue weighted by Gasteiger charge is 2.50. The lowest BCUT2D eigenvalue weighted by Crippen LogP contribution is -2.59. The minimum atomic E-state index is -5.76. The average Bonchev–Trinajstić information content (AvgIpc) is 3.80. The molecule has 46 heavy (non-hydrogen) atoms. The van der Waals surface area contributed by atoms with Gasteiger partial charge in [-0.2, -0.15) is 13.9 Å². The molecule has 3 aliphatic rings. The van der Waals surface area contributed by atoms with Crippen molar-refractivity contribution < 1.29 is 42.3 Å². The van der Waals surface area contributed by atoms with Crippen LogP contribution in [0, 0.1) is 0 Å². The number of nitrogens with one attached hydrogen (secondary N) is 2. The van der Waals surface area contributed by atoms with Gasteiger partial charge in [-0.15, -0.1) is 11.3 Å². The van der Waals surface area contributed by atoms with Gasteiger partial charge in [0, 0.05) is 48.7 Å². The SMILES string of the molecule is O=C(N[C@H]1CCCC[C@H]2CC[C@@H](C(=O)N3CCN(C(=O)c4cn[nH]c4)CC3)N2C1=O)c1cc2cc(C(F)(F)P(=O)(O)O)ccc2s1. The van der Waals surface area contributed by atoms with Crippen LogP contribution in [-0.2, 0) is 19.8 Å². The molecule has 3 aliphatic heterocycles. The Kier molecular flexibility index (Phi) is 8.74. The summed E-state index contributed by atoms with van der Waals surface area (Å²) in [5.41, 5.74) is -4.81. The summed E-state index contributed by atoms with van der Waals surface area (Å²) in [6.07, 6.45) is 6.77. The number of thiophene rings is 1. The van der Waals surface area contributed by atoms with Gasteiger partial charge in [0.2, 0.25) is 11.8 Å². The summed E-state index contributed by atoms with van der Waals surface area (Å²) >= 11 is 1.01. The van der Waals surface area contributed by atoms with Crippen molar-refractivity contribution in [2.45, 2.75) is 62.3 Å². The molecule has 0 radical (unpaired) electrons. The predicted octanol–water partition coefficient (Wildman–Crippen LogP) is 2.87. The molecule has 0 bridgehead atoms. The Morgan fingerprint density at radius 1 is 1.02 bits per heavy atom. The summed E-state index contributed by atoms with van der Waals surface area (Å²) in [6, 6.07) is 2.78. The summed E-state index contributed by atoms with van der Waals surface area (Å²) in [5.74, 6) is -1.27. The number of rotatable bonds is 6. The van der Waals surface area contributed by atoms with Crippen LogP contribution in [0.2, 0.25) is 0 Å². The Bertz CT molecular complexity index is 1700. The van der Waals surface area contributed by atoms with Crippen LogP contribution in [-0.4, -0.2) is 103 Å². The van der Waals surface area contributed by atoms with Crippen LogP contribution in [0.3, 0.4) is 0 Å². The Morgan fingerprint density at radius 3 is 2.43 bits per heavy atom. The first-order chi connectivity index (χ1) is 21.8.